The minimum atomic E-state index is 0. The van der Waals surface area contributed by atoms with Crippen molar-refractivity contribution < 1.29 is 19.5 Å². The third-order valence-corrected chi connectivity index (χ3v) is 3.47. The Morgan fingerprint density at radius 2 is 0.920 bits per heavy atom. The van der Waals surface area contributed by atoms with Gasteiger partial charge in [0.05, 0.1) is 0 Å². The van der Waals surface area contributed by atoms with E-state index in [4.69, 9.17) is 0 Å². The van der Waals surface area contributed by atoms with Gasteiger partial charge in [-0.15, -0.1) is 12.1 Å². The van der Waals surface area contributed by atoms with E-state index in [-0.39, 0.29) is 31.6 Å². The number of nitrogens with zero attached hydrogens (tertiary/aromatic N) is 2. The van der Waals surface area contributed by atoms with Crippen LogP contribution >= 0.6 is 0 Å². The summed E-state index contributed by atoms with van der Waals surface area (Å²) in [5.74, 6) is 0. The first-order chi connectivity index (χ1) is 11.8. The molecule has 0 aromatic heterocycles. The van der Waals surface area contributed by atoms with E-state index in [1.165, 1.54) is 11.1 Å². The summed E-state index contributed by atoms with van der Waals surface area (Å²) >= 11 is 0. The van der Waals surface area contributed by atoms with Crippen LogP contribution < -0.4 is 0 Å². The summed E-state index contributed by atoms with van der Waals surface area (Å²) in [5.41, 5.74) is 2.53. The van der Waals surface area contributed by atoms with E-state index in [2.05, 4.69) is 86.9 Å². The fourth-order valence-electron chi connectivity index (χ4n) is 2.18. The molecule has 2 nitrogen and oxygen atoms in total. The molecule has 2 aromatic carbocycles. The van der Waals surface area contributed by atoms with Gasteiger partial charge in [-0.05, 0) is 0 Å². The Hall–Kier alpha value is -1.02. The van der Waals surface area contributed by atoms with Crippen LogP contribution in [-0.4, -0.2) is 13.1 Å². The molecule has 0 aliphatic carbocycles. The van der Waals surface area contributed by atoms with E-state index < -0.39 is 0 Å². The van der Waals surface area contributed by atoms with E-state index in [0.29, 0.717) is 0 Å². The Morgan fingerprint density at radius 1 is 0.640 bits per heavy atom. The second kappa shape index (κ2) is 17.8. The predicted molar refractivity (Wildman–Crippen MR) is 108 cm³/mol. The molecule has 2 rings (SSSR count). The van der Waals surface area contributed by atoms with Crippen LogP contribution in [0.3, 0.4) is 0 Å². The van der Waals surface area contributed by atoms with Crippen molar-refractivity contribution in [2.24, 2.45) is 0 Å². The Bertz CT molecular complexity index is 440. The van der Waals surface area contributed by atoms with Crippen molar-refractivity contribution in [3.05, 3.63) is 96.3 Å². The third-order valence-electron chi connectivity index (χ3n) is 3.47. The molecule has 0 fully saturated rings. The van der Waals surface area contributed by atoms with Gasteiger partial charge in [0.1, 0.15) is 0 Å². The second-order valence-corrected chi connectivity index (χ2v) is 4.99. The largest absolute Gasteiger partial charge is 0.657 e. The van der Waals surface area contributed by atoms with Crippen molar-refractivity contribution >= 4 is 0 Å². The van der Waals surface area contributed by atoms with Crippen molar-refractivity contribution in [1.29, 1.82) is 0 Å². The standard InChI is InChI=1S/C18H22N2.2C2H5.Zn/c1-15(17-9-5-3-6-10-17)19-13-14-20-16(2)18-11-7-4-8-12-18;2*1-2;/h3-12,15-16H,13-14H2,1-2H3;2*1H2,2H3;/q-2;2*-1;/t15-,16+;;;. The zero-order chi connectivity index (χ0) is 18.2. The maximum Gasteiger partial charge on any atom is 0 e. The van der Waals surface area contributed by atoms with Crippen molar-refractivity contribution in [2.45, 2.75) is 39.8 Å². The summed E-state index contributed by atoms with van der Waals surface area (Å²) in [4.78, 5) is 0. The van der Waals surface area contributed by atoms with Gasteiger partial charge in [-0.3, -0.25) is 0 Å². The third kappa shape index (κ3) is 11.3. The van der Waals surface area contributed by atoms with Crippen molar-refractivity contribution in [2.75, 3.05) is 13.1 Å². The number of benzene rings is 2. The number of hydrogen-bond acceptors (Lipinski definition) is 0. The van der Waals surface area contributed by atoms with Crippen LogP contribution in [0.5, 0.6) is 0 Å². The minimum Gasteiger partial charge on any atom is -0.657 e. The summed E-state index contributed by atoms with van der Waals surface area (Å²) in [6, 6.07) is 21.3. The van der Waals surface area contributed by atoms with E-state index in [9.17, 15) is 0 Å². The Morgan fingerprint density at radius 3 is 1.20 bits per heavy atom. The van der Waals surface area contributed by atoms with Crippen molar-refractivity contribution in [3.8, 4) is 0 Å². The zero-order valence-electron chi connectivity index (χ0n) is 16.4. The summed E-state index contributed by atoms with van der Waals surface area (Å²) in [6.45, 7) is 15.8. The van der Waals surface area contributed by atoms with E-state index in [1.807, 2.05) is 12.1 Å². The Balaban J connectivity index is 0. The Kier molecular flexibility index (Phi) is 18.7. The number of rotatable bonds is 7. The SMILES string of the molecule is C[C@H]([N-]CC[N-][C@H](C)c1ccccc1)c1ccccc1.[CH2-]C.[CH2-]C.[Zn]. The molecule has 0 saturated carbocycles. The summed E-state index contributed by atoms with van der Waals surface area (Å²) in [5, 5.41) is 9.33. The van der Waals surface area contributed by atoms with Crippen LogP contribution in [0.4, 0.5) is 0 Å². The van der Waals surface area contributed by atoms with E-state index in [0.717, 1.165) is 13.1 Å². The van der Waals surface area contributed by atoms with Gasteiger partial charge in [0, 0.05) is 19.5 Å². The maximum atomic E-state index is 4.67. The van der Waals surface area contributed by atoms with Crippen LogP contribution in [-0.2, 0) is 19.5 Å². The van der Waals surface area contributed by atoms with Gasteiger partial charge < -0.3 is 24.5 Å². The zero-order valence-corrected chi connectivity index (χ0v) is 19.3. The molecule has 136 valence electrons. The van der Waals surface area contributed by atoms with Gasteiger partial charge in [-0.2, -0.15) is 26.9 Å². The normalized spacial score (nSPS) is 11.6. The molecular weight excluding hydrogens is 358 g/mol. The molecule has 0 heterocycles. The first-order valence-corrected chi connectivity index (χ1v) is 8.62. The smallest absolute Gasteiger partial charge is 0 e. The van der Waals surface area contributed by atoms with Gasteiger partial charge in [-0.1, -0.05) is 85.6 Å². The molecule has 0 N–H and O–H groups in total. The molecule has 2 aromatic rings. The van der Waals surface area contributed by atoms with Gasteiger partial charge in [-0.25, -0.2) is 0 Å². The molecule has 0 amide bonds. The van der Waals surface area contributed by atoms with Crippen molar-refractivity contribution in [3.63, 3.8) is 0 Å². The molecule has 2 atom stereocenters. The molecule has 25 heavy (non-hydrogen) atoms. The molecule has 0 unspecified atom stereocenters. The van der Waals surface area contributed by atoms with Gasteiger partial charge in [0.25, 0.3) is 0 Å². The molecular formula is C22H32N2Zn-4. The summed E-state index contributed by atoms with van der Waals surface area (Å²) in [6.07, 6.45) is 0. The molecule has 0 bridgehead atoms. The minimum absolute atomic E-state index is 0. The average Bonchev–Trinajstić information content (AvgIpc) is 2.69. The monoisotopic (exact) mass is 388 g/mol. The topological polar surface area (TPSA) is 28.2 Å². The van der Waals surface area contributed by atoms with Crippen LogP contribution in [0.2, 0.25) is 0 Å². The van der Waals surface area contributed by atoms with Gasteiger partial charge >= 0.3 is 0 Å². The molecule has 0 spiro atoms. The average molecular weight is 390 g/mol. The number of hydrogen-bond donors (Lipinski definition) is 0. The molecule has 0 radical (unpaired) electrons. The van der Waals surface area contributed by atoms with Crippen molar-refractivity contribution in [1.82, 2.24) is 0 Å². The molecule has 0 aliphatic rings. The predicted octanol–water partition coefficient (Wildman–Crippen LogP) is 6.93. The summed E-state index contributed by atoms with van der Waals surface area (Å²) < 4.78 is 0. The second-order valence-electron chi connectivity index (χ2n) is 4.99. The first-order valence-electron chi connectivity index (χ1n) is 8.62. The summed E-state index contributed by atoms with van der Waals surface area (Å²) in [7, 11) is 0. The molecule has 0 saturated heterocycles. The molecule has 3 heteroatoms. The van der Waals surface area contributed by atoms with E-state index >= 15 is 0 Å². The van der Waals surface area contributed by atoms with E-state index in [1.54, 1.807) is 13.8 Å². The molecule has 0 aliphatic heterocycles. The van der Waals surface area contributed by atoms with Gasteiger partial charge in [0.15, 0.2) is 0 Å². The maximum absolute atomic E-state index is 4.67. The first kappa shape index (κ1) is 26.2. The van der Waals surface area contributed by atoms with Crippen LogP contribution in [0.1, 0.15) is 50.9 Å². The quantitative estimate of drug-likeness (QED) is 0.279. The van der Waals surface area contributed by atoms with Gasteiger partial charge in [0.2, 0.25) is 0 Å². The van der Waals surface area contributed by atoms with Crippen LogP contribution in [0.15, 0.2) is 60.7 Å². The fraction of sp³-hybridized carbons (Fsp3) is 0.364. The van der Waals surface area contributed by atoms with Crippen LogP contribution in [0, 0.1) is 13.8 Å². The Labute approximate surface area is 168 Å². The van der Waals surface area contributed by atoms with Crippen LogP contribution in [0.25, 0.3) is 10.6 Å². The fourth-order valence-corrected chi connectivity index (χ4v) is 2.18.